The smallest absolute Gasteiger partial charge is 0.337 e. The number of hydrogen-bond acceptors (Lipinski definition) is 5. The van der Waals surface area contributed by atoms with Gasteiger partial charge in [-0.3, -0.25) is 4.98 Å². The van der Waals surface area contributed by atoms with Crippen molar-refractivity contribution in [2.45, 2.75) is 6.54 Å². The second kappa shape index (κ2) is 6.84. The van der Waals surface area contributed by atoms with Crippen LogP contribution in [0.25, 0.3) is 21.7 Å². The molecular weight excluding hydrogens is 328 g/mol. The molecule has 0 bridgehead atoms. The summed E-state index contributed by atoms with van der Waals surface area (Å²) in [4.78, 5) is 20.8. The summed E-state index contributed by atoms with van der Waals surface area (Å²) >= 11 is 0. The molecule has 0 aliphatic heterocycles. The summed E-state index contributed by atoms with van der Waals surface area (Å²) in [7, 11) is 1.37. The number of carbonyl (C=O) groups excluding carboxylic acids is 1. The summed E-state index contributed by atoms with van der Waals surface area (Å²) in [5.74, 6) is 0.408. The standard InChI is InChI=1S/C20H18N4O2/c1-26-20(25)14-4-5-15-17-13-21-7-6-16(17)19(23-18(15)12-14)22-8-11-24-9-2-3-10-24/h2-7,9-10,12-13H,8,11H2,1H3,(H,22,23). The molecule has 26 heavy (non-hydrogen) atoms. The van der Waals surface area contributed by atoms with Crippen molar-refractivity contribution < 1.29 is 9.53 Å². The van der Waals surface area contributed by atoms with Crippen molar-refractivity contribution in [2.75, 3.05) is 19.0 Å². The first-order chi connectivity index (χ1) is 12.8. The molecule has 1 N–H and O–H groups in total. The molecular formula is C20H18N4O2. The number of hydrogen-bond donors (Lipinski definition) is 1. The van der Waals surface area contributed by atoms with E-state index in [1.165, 1.54) is 7.11 Å². The number of methoxy groups -OCH3 is 1. The van der Waals surface area contributed by atoms with Crippen molar-refractivity contribution in [1.82, 2.24) is 14.5 Å². The Kier molecular flexibility index (Phi) is 4.23. The SMILES string of the molecule is COC(=O)c1ccc2c(c1)nc(NCCn1cccc1)c1ccncc12. The maximum absolute atomic E-state index is 11.8. The molecule has 130 valence electrons. The molecule has 6 nitrogen and oxygen atoms in total. The summed E-state index contributed by atoms with van der Waals surface area (Å²) < 4.78 is 6.92. The number of benzene rings is 1. The van der Waals surface area contributed by atoms with E-state index in [1.807, 2.05) is 42.9 Å². The minimum absolute atomic E-state index is 0.373. The lowest BCUT2D eigenvalue weighted by Gasteiger charge is -2.12. The average Bonchev–Trinajstić information content (AvgIpc) is 3.20. The lowest BCUT2D eigenvalue weighted by molar-refractivity contribution is 0.0601. The number of ether oxygens (including phenoxy) is 1. The molecule has 0 fully saturated rings. The van der Waals surface area contributed by atoms with Crippen molar-refractivity contribution in [3.63, 3.8) is 0 Å². The zero-order valence-electron chi connectivity index (χ0n) is 14.3. The normalized spacial score (nSPS) is 11.0. The van der Waals surface area contributed by atoms with Gasteiger partial charge in [-0.2, -0.15) is 0 Å². The molecule has 3 heterocycles. The molecule has 1 aromatic carbocycles. The van der Waals surface area contributed by atoms with Gasteiger partial charge < -0.3 is 14.6 Å². The first-order valence-corrected chi connectivity index (χ1v) is 8.37. The number of pyridine rings is 2. The molecule has 0 aliphatic rings. The zero-order chi connectivity index (χ0) is 17.9. The molecule has 0 saturated carbocycles. The van der Waals surface area contributed by atoms with Gasteiger partial charge in [0.1, 0.15) is 5.82 Å². The number of esters is 1. The fourth-order valence-corrected chi connectivity index (χ4v) is 3.05. The maximum Gasteiger partial charge on any atom is 0.337 e. The first kappa shape index (κ1) is 16.1. The molecule has 0 atom stereocenters. The van der Waals surface area contributed by atoms with Gasteiger partial charge in [0.05, 0.1) is 18.2 Å². The van der Waals surface area contributed by atoms with Crippen molar-refractivity contribution in [1.29, 1.82) is 0 Å². The Morgan fingerprint density at radius 1 is 1.15 bits per heavy atom. The molecule has 4 aromatic rings. The number of nitrogens with one attached hydrogen (secondary N) is 1. The van der Waals surface area contributed by atoms with Crippen LogP contribution in [0.4, 0.5) is 5.82 Å². The Bertz CT molecular complexity index is 1070. The largest absolute Gasteiger partial charge is 0.465 e. The first-order valence-electron chi connectivity index (χ1n) is 8.37. The van der Waals surface area contributed by atoms with Gasteiger partial charge in [0.2, 0.25) is 0 Å². The Labute approximate surface area is 150 Å². The summed E-state index contributed by atoms with van der Waals surface area (Å²) in [5, 5.41) is 6.36. The summed E-state index contributed by atoms with van der Waals surface area (Å²) in [6.45, 7) is 1.57. The van der Waals surface area contributed by atoms with Crippen molar-refractivity contribution in [3.8, 4) is 0 Å². The van der Waals surface area contributed by atoms with Crippen LogP contribution in [-0.4, -0.2) is 34.2 Å². The van der Waals surface area contributed by atoms with E-state index in [9.17, 15) is 4.79 Å². The van der Waals surface area contributed by atoms with Gasteiger partial charge in [-0.05, 0) is 30.3 Å². The lowest BCUT2D eigenvalue weighted by atomic mass is 10.1. The van der Waals surface area contributed by atoms with Gasteiger partial charge >= 0.3 is 5.97 Å². The highest BCUT2D eigenvalue weighted by Crippen LogP contribution is 2.29. The predicted molar refractivity (Wildman–Crippen MR) is 101 cm³/mol. The Hall–Kier alpha value is -3.41. The van der Waals surface area contributed by atoms with Crippen LogP contribution in [-0.2, 0) is 11.3 Å². The van der Waals surface area contributed by atoms with Crippen LogP contribution in [0.15, 0.2) is 61.2 Å². The predicted octanol–water partition coefficient (Wildman–Crippen LogP) is 3.48. The maximum atomic E-state index is 11.8. The minimum atomic E-state index is -0.373. The van der Waals surface area contributed by atoms with Gasteiger partial charge in [0, 0.05) is 54.0 Å². The highest BCUT2D eigenvalue weighted by atomic mass is 16.5. The van der Waals surface area contributed by atoms with Gasteiger partial charge in [0.15, 0.2) is 0 Å². The lowest BCUT2D eigenvalue weighted by Crippen LogP contribution is -2.10. The number of carbonyl (C=O) groups is 1. The van der Waals surface area contributed by atoms with Gasteiger partial charge in [-0.25, -0.2) is 9.78 Å². The summed E-state index contributed by atoms with van der Waals surface area (Å²) in [6, 6.07) is 11.4. The molecule has 4 rings (SSSR count). The van der Waals surface area contributed by atoms with Crippen LogP contribution in [0.3, 0.4) is 0 Å². The number of rotatable bonds is 5. The van der Waals surface area contributed by atoms with Gasteiger partial charge in [0.25, 0.3) is 0 Å². The van der Waals surface area contributed by atoms with Crippen molar-refractivity contribution >= 4 is 33.5 Å². The second-order valence-corrected chi connectivity index (χ2v) is 5.95. The van der Waals surface area contributed by atoms with E-state index in [2.05, 4.69) is 14.9 Å². The van der Waals surface area contributed by atoms with E-state index < -0.39 is 0 Å². The molecule has 0 radical (unpaired) electrons. The number of fused-ring (bicyclic) bond motifs is 3. The van der Waals surface area contributed by atoms with Crippen LogP contribution >= 0.6 is 0 Å². The Morgan fingerprint density at radius 2 is 2.00 bits per heavy atom. The van der Waals surface area contributed by atoms with Crippen molar-refractivity contribution in [3.05, 3.63) is 66.7 Å². The third-order valence-electron chi connectivity index (χ3n) is 4.35. The van der Waals surface area contributed by atoms with E-state index in [4.69, 9.17) is 9.72 Å². The highest BCUT2D eigenvalue weighted by Gasteiger charge is 2.12. The fourth-order valence-electron chi connectivity index (χ4n) is 3.05. The monoisotopic (exact) mass is 346 g/mol. The molecule has 0 saturated heterocycles. The van der Waals surface area contributed by atoms with Crippen LogP contribution in [0.1, 0.15) is 10.4 Å². The molecule has 6 heteroatoms. The molecule has 0 aliphatic carbocycles. The highest BCUT2D eigenvalue weighted by molar-refractivity contribution is 6.10. The number of nitrogens with zero attached hydrogens (tertiary/aromatic N) is 3. The molecule has 0 unspecified atom stereocenters. The van der Waals surface area contributed by atoms with Gasteiger partial charge in [-0.1, -0.05) is 6.07 Å². The van der Waals surface area contributed by atoms with E-state index in [1.54, 1.807) is 18.3 Å². The second-order valence-electron chi connectivity index (χ2n) is 5.95. The number of aromatic nitrogens is 3. The minimum Gasteiger partial charge on any atom is -0.465 e. The van der Waals surface area contributed by atoms with E-state index in [0.29, 0.717) is 5.56 Å². The zero-order valence-corrected chi connectivity index (χ0v) is 14.3. The van der Waals surface area contributed by atoms with Crippen LogP contribution < -0.4 is 5.32 Å². The Morgan fingerprint density at radius 3 is 2.81 bits per heavy atom. The summed E-state index contributed by atoms with van der Waals surface area (Å²) in [6.07, 6.45) is 7.64. The van der Waals surface area contributed by atoms with Crippen LogP contribution in [0.2, 0.25) is 0 Å². The third kappa shape index (κ3) is 2.97. The Balaban J connectivity index is 1.75. The molecule has 0 amide bonds. The van der Waals surface area contributed by atoms with E-state index >= 15 is 0 Å². The number of anilines is 1. The third-order valence-corrected chi connectivity index (χ3v) is 4.35. The van der Waals surface area contributed by atoms with E-state index in [-0.39, 0.29) is 5.97 Å². The summed E-state index contributed by atoms with van der Waals surface area (Å²) in [5.41, 5.74) is 1.21. The van der Waals surface area contributed by atoms with Crippen LogP contribution in [0, 0.1) is 0 Å². The molecule has 0 spiro atoms. The van der Waals surface area contributed by atoms with Crippen LogP contribution in [0.5, 0.6) is 0 Å². The topological polar surface area (TPSA) is 69.0 Å². The average molecular weight is 346 g/mol. The molecule has 3 aromatic heterocycles. The quantitative estimate of drug-likeness (QED) is 0.442. The van der Waals surface area contributed by atoms with Crippen molar-refractivity contribution in [2.24, 2.45) is 0 Å². The fraction of sp³-hybridized carbons (Fsp3) is 0.150. The van der Waals surface area contributed by atoms with E-state index in [0.717, 1.165) is 40.6 Å². The van der Waals surface area contributed by atoms with Gasteiger partial charge in [-0.15, -0.1) is 0 Å².